The molecule has 2 fully saturated rings. The van der Waals surface area contributed by atoms with Gasteiger partial charge in [0.25, 0.3) is 0 Å². The maximum absolute atomic E-state index is 12.6. The zero-order chi connectivity index (χ0) is 23.3. The third-order valence-corrected chi connectivity index (χ3v) is 8.56. The van der Waals surface area contributed by atoms with Crippen LogP contribution in [0.4, 0.5) is 0 Å². The molecule has 0 aromatic heterocycles. The SMILES string of the molecule is CCCCCC1CCC(CCc2ccc(OC(=O)C3CCC(CCCCC)CC3)cc2)CC1. The standard InChI is InChI=1S/C31H50O2/c1-3-5-7-9-25-11-13-27(14-12-25)15-16-28-19-23-30(24-20-28)33-31(32)29-21-17-26(18-22-29)10-8-6-4-2/h19-20,23-27,29H,3-18,21-22H2,1-2H3. The highest BCUT2D eigenvalue weighted by Crippen LogP contribution is 2.35. The highest BCUT2D eigenvalue weighted by Gasteiger charge is 2.27. The van der Waals surface area contributed by atoms with Crippen LogP contribution in [0.2, 0.25) is 0 Å². The van der Waals surface area contributed by atoms with Gasteiger partial charge in [-0.15, -0.1) is 0 Å². The van der Waals surface area contributed by atoms with E-state index in [1.54, 1.807) is 0 Å². The molecule has 2 saturated carbocycles. The Hall–Kier alpha value is -1.31. The third-order valence-electron chi connectivity index (χ3n) is 8.56. The van der Waals surface area contributed by atoms with Crippen molar-refractivity contribution in [2.75, 3.05) is 0 Å². The zero-order valence-corrected chi connectivity index (χ0v) is 21.7. The maximum Gasteiger partial charge on any atom is 0.314 e. The molecule has 33 heavy (non-hydrogen) atoms. The minimum atomic E-state index is -0.00884. The Morgan fingerprint density at radius 1 is 0.697 bits per heavy atom. The van der Waals surface area contributed by atoms with Gasteiger partial charge in [0.15, 0.2) is 0 Å². The maximum atomic E-state index is 12.6. The van der Waals surface area contributed by atoms with Gasteiger partial charge in [0.05, 0.1) is 5.92 Å². The molecule has 0 N–H and O–H groups in total. The fourth-order valence-corrected chi connectivity index (χ4v) is 6.16. The first-order valence-corrected chi connectivity index (χ1v) is 14.5. The Morgan fingerprint density at radius 2 is 1.18 bits per heavy atom. The molecule has 2 heteroatoms. The summed E-state index contributed by atoms with van der Waals surface area (Å²) in [4.78, 5) is 12.6. The summed E-state index contributed by atoms with van der Waals surface area (Å²) >= 11 is 0. The van der Waals surface area contributed by atoms with E-state index < -0.39 is 0 Å². The molecule has 1 aromatic rings. The van der Waals surface area contributed by atoms with Crippen molar-refractivity contribution < 1.29 is 9.53 Å². The number of esters is 1. The van der Waals surface area contributed by atoms with Crippen molar-refractivity contribution in [2.24, 2.45) is 23.7 Å². The molecule has 0 heterocycles. The van der Waals surface area contributed by atoms with Gasteiger partial charge in [-0.25, -0.2) is 0 Å². The summed E-state index contributed by atoms with van der Waals surface area (Å²) in [6.45, 7) is 4.56. The van der Waals surface area contributed by atoms with Crippen LogP contribution in [0.5, 0.6) is 5.75 Å². The van der Waals surface area contributed by atoms with Crippen molar-refractivity contribution in [3.8, 4) is 5.75 Å². The molecular weight excluding hydrogens is 404 g/mol. The van der Waals surface area contributed by atoms with E-state index in [4.69, 9.17) is 4.74 Å². The topological polar surface area (TPSA) is 26.3 Å². The van der Waals surface area contributed by atoms with Crippen molar-refractivity contribution in [3.05, 3.63) is 29.8 Å². The van der Waals surface area contributed by atoms with E-state index in [9.17, 15) is 4.79 Å². The Labute approximate surface area is 204 Å². The van der Waals surface area contributed by atoms with Crippen molar-refractivity contribution in [2.45, 2.75) is 129 Å². The van der Waals surface area contributed by atoms with E-state index in [0.717, 1.165) is 42.8 Å². The molecule has 0 unspecified atom stereocenters. The fraction of sp³-hybridized carbons (Fsp3) is 0.774. The first-order chi connectivity index (χ1) is 16.2. The monoisotopic (exact) mass is 454 g/mol. The predicted molar refractivity (Wildman–Crippen MR) is 140 cm³/mol. The molecule has 2 aliphatic rings. The van der Waals surface area contributed by atoms with Crippen LogP contribution in [0, 0.1) is 23.7 Å². The average molecular weight is 455 g/mol. The number of hydrogen-bond acceptors (Lipinski definition) is 2. The molecule has 0 amide bonds. The number of carbonyl (C=O) groups excluding carboxylic acids is 1. The van der Waals surface area contributed by atoms with Crippen molar-refractivity contribution in [3.63, 3.8) is 0 Å². The van der Waals surface area contributed by atoms with Crippen LogP contribution >= 0.6 is 0 Å². The summed E-state index contributed by atoms with van der Waals surface area (Å²) in [5.74, 6) is 3.55. The Kier molecular flexibility index (Phi) is 11.8. The molecule has 2 nitrogen and oxygen atoms in total. The first kappa shape index (κ1) is 26.3. The number of benzene rings is 1. The van der Waals surface area contributed by atoms with E-state index in [1.807, 2.05) is 12.1 Å². The average Bonchev–Trinajstić information content (AvgIpc) is 2.85. The Morgan fingerprint density at radius 3 is 1.70 bits per heavy atom. The van der Waals surface area contributed by atoms with Crippen LogP contribution in [0.1, 0.15) is 129 Å². The fourth-order valence-electron chi connectivity index (χ4n) is 6.16. The van der Waals surface area contributed by atoms with Crippen LogP contribution in [0.25, 0.3) is 0 Å². The van der Waals surface area contributed by atoms with Crippen LogP contribution in [0.3, 0.4) is 0 Å². The van der Waals surface area contributed by atoms with E-state index in [-0.39, 0.29) is 11.9 Å². The van der Waals surface area contributed by atoms with Gasteiger partial charge in [-0.05, 0) is 74.0 Å². The lowest BCUT2D eigenvalue weighted by molar-refractivity contribution is -0.140. The smallest absolute Gasteiger partial charge is 0.314 e. The normalized spacial score (nSPS) is 25.6. The van der Waals surface area contributed by atoms with E-state index in [1.165, 1.54) is 102 Å². The summed E-state index contributed by atoms with van der Waals surface area (Å²) in [7, 11) is 0. The molecule has 0 saturated heterocycles. The molecule has 0 bridgehead atoms. The molecule has 0 spiro atoms. The lowest BCUT2D eigenvalue weighted by Crippen LogP contribution is -2.25. The highest BCUT2D eigenvalue weighted by molar-refractivity contribution is 5.75. The van der Waals surface area contributed by atoms with Crippen LogP contribution in [-0.4, -0.2) is 5.97 Å². The van der Waals surface area contributed by atoms with Gasteiger partial charge < -0.3 is 4.74 Å². The number of hydrogen-bond donors (Lipinski definition) is 0. The quantitative estimate of drug-likeness (QED) is 0.169. The van der Waals surface area contributed by atoms with E-state index in [0.29, 0.717) is 0 Å². The highest BCUT2D eigenvalue weighted by atomic mass is 16.5. The number of aryl methyl sites for hydroxylation is 1. The van der Waals surface area contributed by atoms with Crippen LogP contribution < -0.4 is 4.74 Å². The van der Waals surface area contributed by atoms with Gasteiger partial charge in [-0.3, -0.25) is 4.79 Å². The molecular formula is C31H50O2. The van der Waals surface area contributed by atoms with Gasteiger partial charge in [-0.1, -0.05) is 103 Å². The summed E-state index contributed by atoms with van der Waals surface area (Å²) in [5.41, 5.74) is 1.38. The molecule has 0 radical (unpaired) electrons. The van der Waals surface area contributed by atoms with E-state index >= 15 is 0 Å². The second-order valence-corrected chi connectivity index (χ2v) is 11.2. The van der Waals surface area contributed by atoms with Crippen LogP contribution in [0.15, 0.2) is 24.3 Å². The molecule has 1 aromatic carbocycles. The van der Waals surface area contributed by atoms with Gasteiger partial charge in [0.2, 0.25) is 0 Å². The Balaban J connectivity index is 1.31. The van der Waals surface area contributed by atoms with Gasteiger partial charge in [-0.2, -0.15) is 0 Å². The largest absolute Gasteiger partial charge is 0.426 e. The van der Waals surface area contributed by atoms with Gasteiger partial charge in [0.1, 0.15) is 5.75 Å². The first-order valence-electron chi connectivity index (χ1n) is 14.5. The molecule has 3 rings (SSSR count). The Bertz CT molecular complexity index is 648. The second kappa shape index (κ2) is 14.8. The van der Waals surface area contributed by atoms with Crippen LogP contribution in [-0.2, 0) is 11.2 Å². The number of carbonyl (C=O) groups is 1. The lowest BCUT2D eigenvalue weighted by atomic mass is 9.78. The van der Waals surface area contributed by atoms with Crippen molar-refractivity contribution in [1.29, 1.82) is 0 Å². The molecule has 0 aliphatic heterocycles. The summed E-state index contributed by atoms with van der Waals surface area (Å²) in [6, 6.07) is 8.36. The van der Waals surface area contributed by atoms with Crippen molar-refractivity contribution in [1.82, 2.24) is 0 Å². The summed E-state index contributed by atoms with van der Waals surface area (Å²) in [6.07, 6.45) is 23.6. The zero-order valence-electron chi connectivity index (χ0n) is 21.7. The molecule has 0 atom stereocenters. The van der Waals surface area contributed by atoms with Gasteiger partial charge >= 0.3 is 5.97 Å². The molecule has 2 aliphatic carbocycles. The number of ether oxygens (including phenoxy) is 1. The summed E-state index contributed by atoms with van der Waals surface area (Å²) in [5, 5.41) is 0. The predicted octanol–water partition coefficient (Wildman–Crippen LogP) is 9.30. The second-order valence-electron chi connectivity index (χ2n) is 11.2. The third kappa shape index (κ3) is 9.45. The number of rotatable bonds is 13. The van der Waals surface area contributed by atoms with E-state index in [2.05, 4.69) is 26.0 Å². The summed E-state index contributed by atoms with van der Waals surface area (Å²) < 4.78 is 5.75. The minimum Gasteiger partial charge on any atom is -0.426 e. The molecule has 186 valence electrons. The minimum absolute atomic E-state index is 0.00884. The van der Waals surface area contributed by atoms with Crippen molar-refractivity contribution >= 4 is 5.97 Å². The van der Waals surface area contributed by atoms with Gasteiger partial charge in [0, 0.05) is 0 Å². The lowest BCUT2D eigenvalue weighted by Gasteiger charge is -2.28. The number of unbranched alkanes of at least 4 members (excludes halogenated alkanes) is 4.